The molecule has 0 radical (unpaired) electrons. The Balaban J connectivity index is 3.46. The van der Waals surface area contributed by atoms with Gasteiger partial charge in [-0.15, -0.1) is 0 Å². The van der Waals surface area contributed by atoms with Gasteiger partial charge in [-0.2, -0.15) is 10.5 Å². The molecular weight excluding hydrogens is 434 g/mol. The minimum Gasteiger partial charge on any atom is -0.464 e. The highest BCUT2D eigenvalue weighted by molar-refractivity contribution is 5.82. The van der Waals surface area contributed by atoms with E-state index in [-0.39, 0.29) is 32.7 Å². The summed E-state index contributed by atoms with van der Waals surface area (Å²) in [5.74, 6) is -0.965. The first-order chi connectivity index (χ1) is 15.8. The van der Waals surface area contributed by atoms with Crippen molar-refractivity contribution in [3.63, 3.8) is 0 Å². The molecule has 0 N–H and O–H groups in total. The maximum Gasteiger partial charge on any atom is 0.313 e. The van der Waals surface area contributed by atoms with Crippen LogP contribution >= 0.6 is 0 Å². The lowest BCUT2D eigenvalue weighted by molar-refractivity contribution is -0.174. The molecule has 1 saturated carbocycles. The number of methoxy groups -OCH3 is 1. The molecule has 2 unspecified atom stereocenters. The van der Waals surface area contributed by atoms with Gasteiger partial charge in [0, 0.05) is 13.7 Å². The van der Waals surface area contributed by atoms with Crippen LogP contribution in [0.1, 0.15) is 72.6 Å². The molecule has 192 valence electrons. The Morgan fingerprint density at radius 3 is 2.00 bits per heavy atom. The standard InChI is InChI=1S/C26H43N3O5/c1-23(2,19-27)17-24(3,21(30)33-14-13-29(5)6)18-25(4,22(31)34-16-15-32-7)26(20-28)11-9-8-10-12-26/h8-18H2,1-7H3. The highest BCUT2D eigenvalue weighted by Crippen LogP contribution is 2.56. The minimum absolute atomic E-state index is 0.0608. The van der Waals surface area contributed by atoms with Crippen molar-refractivity contribution in [2.24, 2.45) is 21.7 Å². The van der Waals surface area contributed by atoms with E-state index in [1.807, 2.05) is 19.0 Å². The van der Waals surface area contributed by atoms with Crippen LogP contribution in [0.3, 0.4) is 0 Å². The number of hydrogen-bond donors (Lipinski definition) is 0. The molecule has 0 saturated heterocycles. The Bertz CT molecular complexity index is 776. The topological polar surface area (TPSA) is 113 Å². The summed E-state index contributed by atoms with van der Waals surface area (Å²) in [7, 11) is 5.30. The van der Waals surface area contributed by atoms with Crippen LogP contribution in [0.2, 0.25) is 0 Å². The lowest BCUT2D eigenvalue weighted by Crippen LogP contribution is -2.52. The van der Waals surface area contributed by atoms with E-state index in [0.717, 1.165) is 19.3 Å². The van der Waals surface area contributed by atoms with Gasteiger partial charge < -0.3 is 19.1 Å². The lowest BCUT2D eigenvalue weighted by atomic mass is 9.53. The zero-order chi connectivity index (χ0) is 26.0. The molecule has 0 bridgehead atoms. The van der Waals surface area contributed by atoms with E-state index < -0.39 is 33.6 Å². The van der Waals surface area contributed by atoms with Crippen molar-refractivity contribution < 1.29 is 23.8 Å². The molecule has 0 aromatic carbocycles. The minimum atomic E-state index is -1.25. The third-order valence-electron chi connectivity index (χ3n) is 7.09. The molecule has 0 spiro atoms. The number of carbonyl (C=O) groups excluding carboxylic acids is 2. The number of nitrogens with zero attached hydrogens (tertiary/aromatic N) is 3. The zero-order valence-electron chi connectivity index (χ0n) is 22.2. The van der Waals surface area contributed by atoms with Crippen LogP contribution < -0.4 is 0 Å². The monoisotopic (exact) mass is 477 g/mol. The van der Waals surface area contributed by atoms with Crippen LogP contribution in [0.15, 0.2) is 0 Å². The summed E-state index contributed by atoms with van der Waals surface area (Å²) < 4.78 is 16.3. The SMILES string of the molecule is COCCOC(=O)C(C)(CC(C)(CC(C)(C)C#N)C(=O)OCCN(C)C)C1(C#N)CCCCC1. The quantitative estimate of drug-likeness (QED) is 0.288. The number of esters is 2. The zero-order valence-corrected chi connectivity index (χ0v) is 22.2. The molecule has 1 aliphatic rings. The smallest absolute Gasteiger partial charge is 0.313 e. The summed E-state index contributed by atoms with van der Waals surface area (Å²) in [5.41, 5.74) is -4.21. The predicted octanol–water partition coefficient (Wildman–Crippen LogP) is 4.10. The molecule has 8 nitrogen and oxygen atoms in total. The van der Waals surface area contributed by atoms with Crippen molar-refractivity contribution in [1.82, 2.24) is 4.90 Å². The van der Waals surface area contributed by atoms with Gasteiger partial charge in [0.2, 0.25) is 0 Å². The summed E-state index contributed by atoms with van der Waals surface area (Å²) in [4.78, 5) is 29.0. The van der Waals surface area contributed by atoms with Gasteiger partial charge in [0.1, 0.15) is 13.2 Å². The van der Waals surface area contributed by atoms with Crippen molar-refractivity contribution in [3.8, 4) is 12.1 Å². The van der Waals surface area contributed by atoms with E-state index >= 15 is 0 Å². The third-order valence-corrected chi connectivity index (χ3v) is 7.09. The summed E-state index contributed by atoms with van der Waals surface area (Å²) in [6, 6.07) is 4.74. The molecule has 0 heterocycles. The number of hydrogen-bond acceptors (Lipinski definition) is 8. The average Bonchev–Trinajstić information content (AvgIpc) is 2.78. The van der Waals surface area contributed by atoms with E-state index in [1.165, 1.54) is 7.11 Å². The van der Waals surface area contributed by atoms with E-state index in [2.05, 4.69) is 12.1 Å². The van der Waals surface area contributed by atoms with Crippen LogP contribution in [0, 0.1) is 44.3 Å². The Kier molecular flexibility index (Phi) is 11.0. The highest BCUT2D eigenvalue weighted by Gasteiger charge is 2.59. The van der Waals surface area contributed by atoms with Crippen molar-refractivity contribution in [2.75, 3.05) is 47.6 Å². The molecule has 1 fully saturated rings. The Morgan fingerprint density at radius 1 is 0.912 bits per heavy atom. The first-order valence-electron chi connectivity index (χ1n) is 12.1. The number of likely N-dealkylation sites (N-methyl/N-ethyl adjacent to an activating group) is 1. The van der Waals surface area contributed by atoms with Gasteiger partial charge in [0.25, 0.3) is 0 Å². The van der Waals surface area contributed by atoms with Crippen LogP contribution in [0.5, 0.6) is 0 Å². The molecule has 1 aliphatic carbocycles. The second kappa shape index (κ2) is 12.5. The number of nitriles is 2. The summed E-state index contributed by atoms with van der Waals surface area (Å²) in [5, 5.41) is 20.1. The first kappa shape index (κ1) is 29.9. The second-order valence-electron chi connectivity index (χ2n) is 11.1. The van der Waals surface area contributed by atoms with Crippen LogP contribution in [0.25, 0.3) is 0 Å². The average molecular weight is 478 g/mol. The number of ether oxygens (including phenoxy) is 3. The largest absolute Gasteiger partial charge is 0.464 e. The summed E-state index contributed by atoms with van der Waals surface area (Å²) >= 11 is 0. The lowest BCUT2D eigenvalue weighted by Gasteiger charge is -2.48. The van der Waals surface area contributed by atoms with E-state index in [0.29, 0.717) is 19.4 Å². The normalized spacial score (nSPS) is 19.2. The molecule has 0 amide bonds. The fourth-order valence-electron chi connectivity index (χ4n) is 5.25. The Hall–Kier alpha value is -2.16. The second-order valence-corrected chi connectivity index (χ2v) is 11.1. The summed E-state index contributed by atoms with van der Waals surface area (Å²) in [6.45, 7) is 8.11. The molecule has 2 atom stereocenters. The Morgan fingerprint density at radius 2 is 1.50 bits per heavy atom. The van der Waals surface area contributed by atoms with Gasteiger partial charge in [0.05, 0.1) is 40.4 Å². The van der Waals surface area contributed by atoms with Crippen molar-refractivity contribution in [3.05, 3.63) is 0 Å². The van der Waals surface area contributed by atoms with Gasteiger partial charge >= 0.3 is 11.9 Å². The van der Waals surface area contributed by atoms with Gasteiger partial charge in [0.15, 0.2) is 0 Å². The van der Waals surface area contributed by atoms with Gasteiger partial charge in [-0.05, 0) is 67.5 Å². The molecule has 0 aromatic rings. The molecule has 1 rings (SSSR count). The Labute approximate surface area is 205 Å². The van der Waals surface area contributed by atoms with Crippen molar-refractivity contribution in [2.45, 2.75) is 72.6 Å². The van der Waals surface area contributed by atoms with E-state index in [9.17, 15) is 20.1 Å². The van der Waals surface area contributed by atoms with Gasteiger partial charge in [-0.25, -0.2) is 0 Å². The number of carbonyl (C=O) groups is 2. The molecule has 0 aliphatic heterocycles. The fraction of sp³-hybridized carbons (Fsp3) is 0.846. The molecule has 0 aromatic heterocycles. The van der Waals surface area contributed by atoms with Crippen LogP contribution in [0.4, 0.5) is 0 Å². The van der Waals surface area contributed by atoms with Gasteiger partial charge in [-0.3, -0.25) is 9.59 Å². The van der Waals surface area contributed by atoms with E-state index in [1.54, 1.807) is 27.7 Å². The summed E-state index contributed by atoms with van der Waals surface area (Å²) in [6.07, 6.45) is 4.05. The predicted molar refractivity (Wildman–Crippen MR) is 128 cm³/mol. The highest BCUT2D eigenvalue weighted by atomic mass is 16.6. The third kappa shape index (κ3) is 7.42. The molecular formula is C26H43N3O5. The maximum absolute atomic E-state index is 13.6. The first-order valence-corrected chi connectivity index (χ1v) is 12.1. The van der Waals surface area contributed by atoms with Crippen molar-refractivity contribution in [1.29, 1.82) is 10.5 Å². The van der Waals surface area contributed by atoms with Crippen molar-refractivity contribution >= 4 is 11.9 Å². The maximum atomic E-state index is 13.6. The van der Waals surface area contributed by atoms with Crippen LogP contribution in [-0.2, 0) is 23.8 Å². The van der Waals surface area contributed by atoms with E-state index in [4.69, 9.17) is 14.2 Å². The molecule has 34 heavy (non-hydrogen) atoms. The van der Waals surface area contributed by atoms with Gasteiger partial charge in [-0.1, -0.05) is 19.3 Å². The van der Waals surface area contributed by atoms with Crippen LogP contribution in [-0.4, -0.2) is 64.4 Å². The number of rotatable bonds is 13. The molecule has 8 heteroatoms. The fourth-order valence-corrected chi connectivity index (χ4v) is 5.25.